The third kappa shape index (κ3) is 10.4. The van der Waals surface area contributed by atoms with Crippen molar-refractivity contribution in [3.8, 4) is 5.75 Å². The van der Waals surface area contributed by atoms with Crippen molar-refractivity contribution in [2.24, 2.45) is 59.2 Å². The highest BCUT2D eigenvalue weighted by atomic mass is 32.2. The Morgan fingerprint density at radius 1 is 0.594 bits per heavy atom. The molecule has 382 valence electrons. The number of carbonyl (C=O) groups excluding carboxylic acids is 6. The molecule has 9 rings (SSSR count). The number of hydrogen-bond donors (Lipinski definition) is 0. The average Bonchev–Trinajstić information content (AvgIpc) is 4.06. The summed E-state index contributed by atoms with van der Waals surface area (Å²) in [5, 5.41) is 0. The number of hydrogen-bond acceptors (Lipinski definition) is 16. The first-order valence-corrected chi connectivity index (χ1v) is 25.6. The van der Waals surface area contributed by atoms with Crippen molar-refractivity contribution < 1.29 is 114 Å². The number of sulfone groups is 2. The molecule has 4 aliphatic heterocycles. The molecular formula is C42H43F9O16S2. The summed E-state index contributed by atoms with van der Waals surface area (Å²) < 4.78 is 192. The van der Waals surface area contributed by atoms with Gasteiger partial charge in [-0.15, -0.1) is 0 Å². The van der Waals surface area contributed by atoms with E-state index in [0.29, 0.717) is 19.3 Å². The van der Waals surface area contributed by atoms with E-state index in [2.05, 4.69) is 4.74 Å². The van der Waals surface area contributed by atoms with Crippen LogP contribution in [0.25, 0.3) is 0 Å². The molecule has 0 radical (unpaired) electrons. The molecule has 4 heterocycles. The van der Waals surface area contributed by atoms with E-state index in [0.717, 1.165) is 24.3 Å². The summed E-state index contributed by atoms with van der Waals surface area (Å²) in [7, 11) is -6.23. The molecule has 4 saturated heterocycles. The molecule has 0 aromatic heterocycles. The first kappa shape index (κ1) is 50.7. The number of carbonyl (C=O) groups is 6. The highest BCUT2D eigenvalue weighted by molar-refractivity contribution is 7.91. The number of fused-ring (bicyclic) bond motifs is 2. The zero-order valence-corrected chi connectivity index (χ0v) is 37.3. The Hall–Kier alpha value is -4.69. The van der Waals surface area contributed by atoms with E-state index in [-0.39, 0.29) is 78.6 Å². The topological polar surface area (TPSA) is 226 Å². The van der Waals surface area contributed by atoms with Gasteiger partial charge in [0, 0.05) is 36.5 Å². The SMILES string of the molecule is O=C(CC1CCS(=O)(=O)CC1)OC1C2CC3C1OC(=O)C3C2C(=O)OC(C(F)(F)F)C(F)(F)F.O=C(CC1CCS(=O)(=O)CC1)OC1C2CC3C1OC(=O)C3C2C(=O)Oc1ccc(C(F)(F)F)cc1. The van der Waals surface area contributed by atoms with Crippen LogP contribution in [0.1, 0.15) is 56.9 Å². The predicted octanol–water partition coefficient (Wildman–Crippen LogP) is 4.50. The molecule has 16 nitrogen and oxygen atoms in total. The van der Waals surface area contributed by atoms with Crippen LogP contribution in [0.15, 0.2) is 24.3 Å². The van der Waals surface area contributed by atoms with E-state index in [1.807, 2.05) is 0 Å². The van der Waals surface area contributed by atoms with Crippen LogP contribution >= 0.6 is 0 Å². The lowest BCUT2D eigenvalue weighted by Gasteiger charge is -2.32. The summed E-state index contributed by atoms with van der Waals surface area (Å²) >= 11 is 0. The van der Waals surface area contributed by atoms with Gasteiger partial charge in [0.1, 0.15) is 49.8 Å². The Labute approximate surface area is 386 Å². The molecule has 8 aliphatic rings. The molecule has 12 unspecified atom stereocenters. The summed E-state index contributed by atoms with van der Waals surface area (Å²) in [6, 6.07) is 3.66. The van der Waals surface area contributed by atoms with Gasteiger partial charge in [0.05, 0.1) is 52.2 Å². The first-order chi connectivity index (χ1) is 32.0. The Balaban J connectivity index is 0.000000186. The number of halogens is 9. The van der Waals surface area contributed by atoms with E-state index < -0.39 is 152 Å². The van der Waals surface area contributed by atoms with Crippen molar-refractivity contribution in [2.75, 3.05) is 23.0 Å². The van der Waals surface area contributed by atoms with Gasteiger partial charge < -0.3 is 28.4 Å². The normalized spacial score (nSPS) is 34.1. The predicted molar refractivity (Wildman–Crippen MR) is 208 cm³/mol. The highest BCUT2D eigenvalue weighted by Gasteiger charge is 2.72. The molecule has 4 bridgehead atoms. The fourth-order valence-corrected chi connectivity index (χ4v) is 14.7. The van der Waals surface area contributed by atoms with Crippen LogP contribution in [0, 0.1) is 59.2 Å². The van der Waals surface area contributed by atoms with E-state index in [1.165, 1.54) is 0 Å². The van der Waals surface area contributed by atoms with Crippen LogP contribution in [-0.2, 0) is 78.3 Å². The third-order valence-corrected chi connectivity index (χ3v) is 18.1. The maximum atomic E-state index is 13.0. The zero-order valence-electron chi connectivity index (χ0n) is 35.7. The summed E-state index contributed by atoms with van der Waals surface area (Å²) in [4.78, 5) is 75.2. The third-order valence-electron chi connectivity index (χ3n) is 14.7. The fraction of sp³-hybridized carbons (Fsp3) is 0.714. The summed E-state index contributed by atoms with van der Waals surface area (Å²) in [6.45, 7) is 0. The molecule has 69 heavy (non-hydrogen) atoms. The van der Waals surface area contributed by atoms with Crippen LogP contribution < -0.4 is 4.74 Å². The molecule has 27 heteroatoms. The quantitative estimate of drug-likeness (QED) is 0.136. The van der Waals surface area contributed by atoms with Crippen molar-refractivity contribution in [2.45, 2.75) is 100 Å². The van der Waals surface area contributed by atoms with Gasteiger partial charge in [0.25, 0.3) is 6.10 Å². The maximum Gasteiger partial charge on any atom is 0.434 e. The van der Waals surface area contributed by atoms with E-state index >= 15 is 0 Å². The minimum absolute atomic E-state index is 0.0266. The summed E-state index contributed by atoms with van der Waals surface area (Å²) in [5.41, 5.74) is -0.887. The second-order valence-corrected chi connectivity index (χ2v) is 23.5. The second-order valence-electron chi connectivity index (χ2n) is 18.9. The van der Waals surface area contributed by atoms with Gasteiger partial charge in [-0.25, -0.2) is 16.8 Å². The average molecular weight is 1040 g/mol. The molecule has 0 spiro atoms. The van der Waals surface area contributed by atoms with Crippen molar-refractivity contribution >= 4 is 55.5 Å². The van der Waals surface area contributed by atoms with Crippen LogP contribution in [-0.4, -0.2) is 119 Å². The number of rotatable bonds is 10. The van der Waals surface area contributed by atoms with Gasteiger partial charge in [-0.1, -0.05) is 0 Å². The first-order valence-electron chi connectivity index (χ1n) is 21.9. The van der Waals surface area contributed by atoms with Gasteiger partial charge in [-0.3, -0.25) is 28.8 Å². The molecule has 0 N–H and O–H groups in total. The highest BCUT2D eigenvalue weighted by Crippen LogP contribution is 2.60. The summed E-state index contributed by atoms with van der Waals surface area (Å²) in [6.07, 6.45) is -22.8. The minimum atomic E-state index is -5.91. The number of benzene rings is 1. The van der Waals surface area contributed by atoms with Crippen molar-refractivity contribution in [3.05, 3.63) is 29.8 Å². The minimum Gasteiger partial charge on any atom is -0.458 e. The molecule has 1 aromatic rings. The Morgan fingerprint density at radius 3 is 1.36 bits per heavy atom. The zero-order chi connectivity index (χ0) is 50.3. The lowest BCUT2D eigenvalue weighted by molar-refractivity contribution is -0.315. The Morgan fingerprint density at radius 2 is 0.986 bits per heavy atom. The lowest BCUT2D eigenvalue weighted by atomic mass is 9.78. The van der Waals surface area contributed by atoms with Crippen molar-refractivity contribution in [3.63, 3.8) is 0 Å². The van der Waals surface area contributed by atoms with Crippen molar-refractivity contribution in [1.29, 1.82) is 0 Å². The molecule has 1 aromatic carbocycles. The van der Waals surface area contributed by atoms with Crippen LogP contribution in [0.2, 0.25) is 0 Å². The molecule has 4 saturated carbocycles. The van der Waals surface area contributed by atoms with Crippen molar-refractivity contribution in [1.82, 2.24) is 0 Å². The second kappa shape index (κ2) is 18.2. The Kier molecular flexibility index (Phi) is 13.3. The van der Waals surface area contributed by atoms with Gasteiger partial charge in [-0.2, -0.15) is 39.5 Å². The maximum absolute atomic E-state index is 13.0. The lowest BCUT2D eigenvalue weighted by Crippen LogP contribution is -2.49. The van der Waals surface area contributed by atoms with E-state index in [1.54, 1.807) is 0 Å². The van der Waals surface area contributed by atoms with Gasteiger partial charge >= 0.3 is 54.3 Å². The van der Waals surface area contributed by atoms with Crippen LogP contribution in [0.5, 0.6) is 5.75 Å². The van der Waals surface area contributed by atoms with E-state index in [9.17, 15) is 85.1 Å². The molecule has 12 atom stereocenters. The smallest absolute Gasteiger partial charge is 0.434 e. The van der Waals surface area contributed by atoms with Gasteiger partial charge in [0.2, 0.25) is 0 Å². The summed E-state index contributed by atoms with van der Waals surface area (Å²) in [5.74, 6) is -13.3. The number of esters is 6. The largest absolute Gasteiger partial charge is 0.458 e. The molecule has 0 amide bonds. The fourth-order valence-electron chi connectivity index (χ4n) is 11.5. The molecule has 8 fully saturated rings. The van der Waals surface area contributed by atoms with Gasteiger partial charge in [-0.05, 0) is 74.6 Å². The molecular weight excluding hydrogens is 996 g/mol. The Bertz CT molecular complexity index is 2420. The van der Waals surface area contributed by atoms with Crippen LogP contribution in [0.3, 0.4) is 0 Å². The van der Waals surface area contributed by atoms with Gasteiger partial charge in [0.15, 0.2) is 0 Å². The number of alkyl halides is 9. The number of ether oxygens (including phenoxy) is 6. The van der Waals surface area contributed by atoms with Crippen LogP contribution in [0.4, 0.5) is 39.5 Å². The molecule has 4 aliphatic carbocycles. The standard InChI is InChI=1S/C23H23F3O8S.C19H20F6O8S/c24-23(25,26)12-1-3-13(4-2-12)32-21(28)17-14-10-15-18(17)22(29)34-20(15)19(14)33-16(27)9-11-5-7-35(30,31)8-6-11;20-18(21,22)17(19(23,24)25)33-16(28)12-8-6-9-11(12)15(27)32-14(9)13(8)31-10(26)5-7-1-3-34(29,30)4-2-7/h1-4,11,14-15,17-20H,5-10H2;7-9,11-14,17H,1-6H2. The monoisotopic (exact) mass is 1040 g/mol. The van der Waals surface area contributed by atoms with E-state index in [4.69, 9.17) is 23.7 Å².